The van der Waals surface area contributed by atoms with Crippen molar-refractivity contribution in [1.29, 1.82) is 0 Å². The highest BCUT2D eigenvalue weighted by molar-refractivity contribution is 7.89. The Balaban J connectivity index is 2.46. The van der Waals surface area contributed by atoms with Crippen molar-refractivity contribution in [2.75, 3.05) is 32.1 Å². The fourth-order valence-corrected chi connectivity index (χ4v) is 2.92. The first-order valence-electron chi connectivity index (χ1n) is 5.95. The van der Waals surface area contributed by atoms with Crippen LogP contribution in [0.4, 0.5) is 11.4 Å². The summed E-state index contributed by atoms with van der Waals surface area (Å²) in [6, 6.07) is 3.93. The fraction of sp³-hybridized carbons (Fsp3) is 0.455. The second-order valence-electron chi connectivity index (χ2n) is 4.86. The summed E-state index contributed by atoms with van der Waals surface area (Å²) >= 11 is 0. The minimum Gasteiger partial charge on any atom is -0.363 e. The molecule has 1 fully saturated rings. The molecule has 1 saturated heterocycles. The molecule has 1 aliphatic heterocycles. The summed E-state index contributed by atoms with van der Waals surface area (Å²) in [4.78, 5) is 12.2. The molecule has 1 aromatic carbocycles. The molecule has 8 nitrogen and oxygen atoms in total. The van der Waals surface area contributed by atoms with Gasteiger partial charge < -0.3 is 10.6 Å². The topological polar surface area (TPSA) is 110 Å². The highest BCUT2D eigenvalue weighted by Gasteiger charge is 2.30. The quantitative estimate of drug-likeness (QED) is 0.618. The van der Waals surface area contributed by atoms with E-state index in [0.717, 1.165) is 10.4 Å². The molecule has 20 heavy (non-hydrogen) atoms. The van der Waals surface area contributed by atoms with Crippen LogP contribution in [0.5, 0.6) is 0 Å². The van der Waals surface area contributed by atoms with Gasteiger partial charge in [-0.25, -0.2) is 12.7 Å². The minimum atomic E-state index is -3.69. The maximum Gasteiger partial charge on any atom is 0.293 e. The van der Waals surface area contributed by atoms with Crippen molar-refractivity contribution < 1.29 is 13.3 Å². The number of rotatable bonds is 4. The van der Waals surface area contributed by atoms with Gasteiger partial charge >= 0.3 is 0 Å². The van der Waals surface area contributed by atoms with Crippen LogP contribution in [0.2, 0.25) is 0 Å². The van der Waals surface area contributed by atoms with Gasteiger partial charge in [-0.15, -0.1) is 0 Å². The highest BCUT2D eigenvalue weighted by Crippen LogP contribution is 2.33. The van der Waals surface area contributed by atoms with Gasteiger partial charge in [0.2, 0.25) is 10.0 Å². The molecule has 0 aliphatic carbocycles. The molecule has 1 aromatic rings. The van der Waals surface area contributed by atoms with Crippen molar-refractivity contribution in [2.24, 2.45) is 5.73 Å². The number of nitro groups is 1. The lowest BCUT2D eigenvalue weighted by Gasteiger charge is -2.38. The summed E-state index contributed by atoms with van der Waals surface area (Å²) in [5.41, 5.74) is 5.83. The molecule has 2 rings (SSSR count). The van der Waals surface area contributed by atoms with Gasteiger partial charge in [-0.1, -0.05) is 0 Å². The van der Waals surface area contributed by atoms with E-state index in [1.54, 1.807) is 4.90 Å². The average Bonchev–Trinajstić information content (AvgIpc) is 2.34. The second kappa shape index (κ2) is 5.00. The number of anilines is 1. The molecule has 0 saturated carbocycles. The van der Waals surface area contributed by atoms with Gasteiger partial charge in [-0.05, 0) is 12.1 Å². The summed E-state index contributed by atoms with van der Waals surface area (Å²) in [5.74, 6) is 0. The van der Waals surface area contributed by atoms with Crippen molar-refractivity contribution >= 4 is 21.4 Å². The zero-order chi connectivity index (χ0) is 15.1. The van der Waals surface area contributed by atoms with Crippen LogP contribution in [-0.4, -0.2) is 50.9 Å². The van der Waals surface area contributed by atoms with E-state index in [1.807, 2.05) is 0 Å². The summed E-state index contributed by atoms with van der Waals surface area (Å²) < 4.78 is 25.0. The summed E-state index contributed by atoms with van der Waals surface area (Å²) in [6.45, 7) is 1.06. The smallest absolute Gasteiger partial charge is 0.293 e. The van der Waals surface area contributed by atoms with E-state index in [2.05, 4.69) is 0 Å². The van der Waals surface area contributed by atoms with E-state index in [-0.39, 0.29) is 16.6 Å². The molecule has 9 heteroatoms. The number of hydrogen-bond donors (Lipinski definition) is 1. The zero-order valence-electron chi connectivity index (χ0n) is 11.2. The Bertz CT molecular complexity index is 638. The minimum absolute atomic E-state index is 0.000196. The van der Waals surface area contributed by atoms with E-state index in [0.29, 0.717) is 18.8 Å². The van der Waals surface area contributed by atoms with Crippen molar-refractivity contribution in [1.82, 2.24) is 4.31 Å². The maximum atomic E-state index is 12.0. The number of nitrogens with zero attached hydrogens (tertiary/aromatic N) is 3. The lowest BCUT2D eigenvalue weighted by molar-refractivity contribution is -0.384. The Morgan fingerprint density at radius 1 is 1.40 bits per heavy atom. The van der Waals surface area contributed by atoms with Crippen molar-refractivity contribution in [2.45, 2.75) is 10.9 Å². The van der Waals surface area contributed by atoms with Gasteiger partial charge in [0.05, 0.1) is 9.82 Å². The molecule has 0 atom stereocenters. The van der Waals surface area contributed by atoms with E-state index in [1.165, 1.54) is 26.2 Å². The highest BCUT2D eigenvalue weighted by atomic mass is 32.2. The molecular weight excluding hydrogens is 284 g/mol. The third-order valence-corrected chi connectivity index (χ3v) is 4.98. The number of sulfonamides is 1. The molecule has 0 bridgehead atoms. The molecule has 1 aliphatic rings. The second-order valence-corrected chi connectivity index (χ2v) is 7.01. The molecule has 0 aromatic heterocycles. The first-order chi connectivity index (χ1) is 9.23. The number of nitro benzene ring substituents is 1. The Morgan fingerprint density at radius 2 is 2.00 bits per heavy atom. The Hall–Kier alpha value is -1.71. The van der Waals surface area contributed by atoms with Crippen LogP contribution < -0.4 is 10.6 Å². The van der Waals surface area contributed by atoms with Crippen LogP contribution in [0.3, 0.4) is 0 Å². The standard InChI is InChI=1S/C11H16N4O4S/c1-13(2)20(18,19)9-3-4-10(11(5-9)15(16)17)14-6-8(12)7-14/h3-5,8H,6-7,12H2,1-2H3. The SMILES string of the molecule is CN(C)S(=O)(=O)c1ccc(N2CC(N)C2)c([N+](=O)[O-])c1. The summed E-state index contributed by atoms with van der Waals surface area (Å²) in [5, 5.41) is 11.1. The van der Waals surface area contributed by atoms with Gasteiger partial charge in [-0.2, -0.15) is 0 Å². The first-order valence-corrected chi connectivity index (χ1v) is 7.39. The summed E-state index contributed by atoms with van der Waals surface area (Å²) in [6.07, 6.45) is 0. The molecule has 0 unspecified atom stereocenters. The molecule has 1 heterocycles. The van der Waals surface area contributed by atoms with Gasteiger partial charge in [0.15, 0.2) is 0 Å². The Labute approximate surface area is 117 Å². The van der Waals surface area contributed by atoms with Crippen LogP contribution >= 0.6 is 0 Å². The predicted molar refractivity (Wildman–Crippen MR) is 74.2 cm³/mol. The van der Waals surface area contributed by atoms with Crippen molar-refractivity contribution in [3.05, 3.63) is 28.3 Å². The number of nitrogens with two attached hydrogens (primary N) is 1. The maximum absolute atomic E-state index is 12.0. The largest absolute Gasteiger partial charge is 0.363 e. The molecular formula is C11H16N4O4S. The lowest BCUT2D eigenvalue weighted by Crippen LogP contribution is -2.56. The molecule has 2 N–H and O–H groups in total. The van der Waals surface area contributed by atoms with Crippen molar-refractivity contribution in [3.8, 4) is 0 Å². The lowest BCUT2D eigenvalue weighted by atomic mass is 10.1. The number of benzene rings is 1. The van der Waals surface area contributed by atoms with Crippen LogP contribution in [-0.2, 0) is 10.0 Å². The first kappa shape index (κ1) is 14.7. The van der Waals surface area contributed by atoms with E-state index < -0.39 is 14.9 Å². The molecule has 110 valence electrons. The average molecular weight is 300 g/mol. The summed E-state index contributed by atoms with van der Waals surface area (Å²) in [7, 11) is -0.932. The molecule has 0 radical (unpaired) electrons. The van der Waals surface area contributed by atoms with Gasteiger partial charge in [-0.3, -0.25) is 10.1 Å². The van der Waals surface area contributed by atoms with Crippen molar-refractivity contribution in [3.63, 3.8) is 0 Å². The third-order valence-electron chi connectivity index (χ3n) is 3.17. The van der Waals surface area contributed by atoms with Crippen LogP contribution in [0.15, 0.2) is 23.1 Å². The normalized spacial score (nSPS) is 16.3. The van der Waals surface area contributed by atoms with Gasteiger partial charge in [0, 0.05) is 39.3 Å². The van der Waals surface area contributed by atoms with Crippen LogP contribution in [0.25, 0.3) is 0 Å². The van der Waals surface area contributed by atoms with Gasteiger partial charge in [0.25, 0.3) is 5.69 Å². The van der Waals surface area contributed by atoms with Gasteiger partial charge in [0.1, 0.15) is 5.69 Å². The monoisotopic (exact) mass is 300 g/mol. The molecule has 0 spiro atoms. The van der Waals surface area contributed by atoms with E-state index in [9.17, 15) is 18.5 Å². The van der Waals surface area contributed by atoms with E-state index >= 15 is 0 Å². The predicted octanol–water partition coefficient (Wildman–Crippen LogP) is -0.00760. The Morgan fingerprint density at radius 3 is 2.45 bits per heavy atom. The van der Waals surface area contributed by atoms with Crippen LogP contribution in [0.1, 0.15) is 0 Å². The third kappa shape index (κ3) is 2.47. The zero-order valence-corrected chi connectivity index (χ0v) is 12.0. The van der Waals surface area contributed by atoms with E-state index in [4.69, 9.17) is 5.73 Å². The fourth-order valence-electron chi connectivity index (χ4n) is 2.00. The molecule has 0 amide bonds. The van der Waals surface area contributed by atoms with Crippen LogP contribution in [0, 0.1) is 10.1 Å². The number of hydrogen-bond acceptors (Lipinski definition) is 6. The Kier molecular flexibility index (Phi) is 3.67.